The molecular weight excluding hydrogens is 358 g/mol. The SMILES string of the molecule is C[Si](C)(C)CCOCn1ccnc1S(=N)(=O)c1ccc(C(=O)O)cc1. The summed E-state index contributed by atoms with van der Waals surface area (Å²) in [7, 11) is -4.53. The summed E-state index contributed by atoms with van der Waals surface area (Å²) in [6.07, 6.45) is 3.11. The fourth-order valence-corrected chi connectivity index (χ4v) is 4.23. The standard InChI is InChI=1S/C16H23N3O4SSi/c1-25(2,3)11-10-23-12-19-9-8-18-16(19)24(17,22)14-6-4-13(5-7-14)15(20)21/h4-9,17H,10-12H2,1-3H3,(H,20,21). The van der Waals surface area contributed by atoms with E-state index >= 15 is 0 Å². The third-order valence-corrected chi connectivity index (χ3v) is 7.09. The van der Waals surface area contributed by atoms with E-state index in [1.807, 2.05) is 0 Å². The zero-order chi connectivity index (χ0) is 18.7. The minimum atomic E-state index is -3.35. The van der Waals surface area contributed by atoms with Gasteiger partial charge in [-0.05, 0) is 30.3 Å². The lowest BCUT2D eigenvalue weighted by Gasteiger charge is -2.16. The molecule has 0 aliphatic rings. The molecule has 1 aromatic heterocycles. The van der Waals surface area contributed by atoms with E-state index in [0.29, 0.717) is 6.61 Å². The van der Waals surface area contributed by atoms with Crippen molar-refractivity contribution in [1.29, 1.82) is 4.78 Å². The Morgan fingerprint density at radius 2 is 1.96 bits per heavy atom. The number of hydrogen-bond acceptors (Lipinski definition) is 5. The minimum absolute atomic E-state index is 0.0805. The van der Waals surface area contributed by atoms with Gasteiger partial charge in [-0.2, -0.15) is 0 Å². The van der Waals surface area contributed by atoms with Crippen molar-refractivity contribution >= 4 is 23.8 Å². The molecule has 0 saturated heterocycles. The van der Waals surface area contributed by atoms with Crippen LogP contribution in [0.15, 0.2) is 46.7 Å². The van der Waals surface area contributed by atoms with Gasteiger partial charge in [-0.3, -0.25) is 4.57 Å². The monoisotopic (exact) mass is 381 g/mol. The number of rotatable bonds is 8. The molecule has 1 aromatic carbocycles. The van der Waals surface area contributed by atoms with Gasteiger partial charge < -0.3 is 9.84 Å². The first-order valence-corrected chi connectivity index (χ1v) is 13.1. The molecule has 1 atom stereocenters. The van der Waals surface area contributed by atoms with E-state index in [-0.39, 0.29) is 22.3 Å². The number of carbonyl (C=O) groups is 1. The van der Waals surface area contributed by atoms with Crippen LogP contribution in [0.2, 0.25) is 25.7 Å². The van der Waals surface area contributed by atoms with E-state index in [9.17, 15) is 9.00 Å². The van der Waals surface area contributed by atoms with E-state index in [2.05, 4.69) is 24.6 Å². The molecule has 0 aliphatic carbocycles. The summed E-state index contributed by atoms with van der Waals surface area (Å²) in [5.41, 5.74) is 0.0805. The van der Waals surface area contributed by atoms with Gasteiger partial charge in [0.05, 0.1) is 10.5 Å². The molecule has 2 rings (SSSR count). The van der Waals surface area contributed by atoms with Gasteiger partial charge in [0.15, 0.2) is 0 Å². The Bertz CT molecular complexity index is 839. The van der Waals surface area contributed by atoms with Crippen LogP contribution in [0.5, 0.6) is 0 Å². The smallest absolute Gasteiger partial charge is 0.335 e. The second-order valence-corrected chi connectivity index (χ2v) is 14.5. The highest BCUT2D eigenvalue weighted by molar-refractivity contribution is 7.92. The Kier molecular flexibility index (Phi) is 5.81. The Balaban J connectivity index is 2.15. The molecular formula is C16H23N3O4SSi. The molecule has 136 valence electrons. The van der Waals surface area contributed by atoms with Gasteiger partial charge in [0.25, 0.3) is 0 Å². The van der Waals surface area contributed by atoms with E-state index in [0.717, 1.165) is 6.04 Å². The predicted octanol–water partition coefficient (Wildman–Crippen LogP) is 3.36. The average Bonchev–Trinajstić information content (AvgIpc) is 3.00. The highest BCUT2D eigenvalue weighted by Gasteiger charge is 2.20. The lowest BCUT2D eigenvalue weighted by Crippen LogP contribution is -2.22. The molecule has 9 heteroatoms. The number of carboxylic acid groups (broad SMARTS) is 1. The van der Waals surface area contributed by atoms with Crippen molar-refractivity contribution in [2.75, 3.05) is 6.61 Å². The number of nitrogens with one attached hydrogen (secondary N) is 1. The number of aromatic nitrogens is 2. The Hall–Kier alpha value is -1.97. The highest BCUT2D eigenvalue weighted by atomic mass is 32.2. The van der Waals surface area contributed by atoms with Gasteiger partial charge in [0.1, 0.15) is 16.5 Å². The van der Waals surface area contributed by atoms with E-state index < -0.39 is 23.8 Å². The van der Waals surface area contributed by atoms with Crippen LogP contribution in [0.3, 0.4) is 0 Å². The van der Waals surface area contributed by atoms with Gasteiger partial charge in [0, 0.05) is 27.1 Å². The third kappa shape index (κ3) is 5.00. The van der Waals surface area contributed by atoms with Crippen LogP contribution in [-0.4, -0.2) is 39.5 Å². The molecule has 2 aromatic rings. The van der Waals surface area contributed by atoms with Gasteiger partial charge in [-0.25, -0.2) is 18.8 Å². The third-order valence-electron chi connectivity index (χ3n) is 3.59. The lowest BCUT2D eigenvalue weighted by molar-refractivity contribution is 0.0696. The summed E-state index contributed by atoms with van der Waals surface area (Å²) < 4.78 is 28.4. The number of aromatic carboxylic acids is 1. The molecule has 0 spiro atoms. The number of hydrogen-bond donors (Lipinski definition) is 2. The van der Waals surface area contributed by atoms with Gasteiger partial charge >= 0.3 is 5.97 Å². The number of benzene rings is 1. The topological polar surface area (TPSA) is 105 Å². The number of nitrogens with zero attached hydrogens (tertiary/aromatic N) is 2. The fourth-order valence-electron chi connectivity index (χ4n) is 2.09. The molecule has 1 unspecified atom stereocenters. The van der Waals surface area contributed by atoms with Gasteiger partial charge in [-0.15, -0.1) is 0 Å². The molecule has 2 N–H and O–H groups in total. The number of ether oxygens (including phenoxy) is 1. The van der Waals surface area contributed by atoms with Crippen molar-refractivity contribution < 1.29 is 18.8 Å². The predicted molar refractivity (Wildman–Crippen MR) is 97.1 cm³/mol. The maximum atomic E-state index is 12.9. The Morgan fingerprint density at radius 3 is 2.52 bits per heavy atom. The van der Waals surface area contributed by atoms with Crippen LogP contribution in [0, 0.1) is 4.78 Å². The van der Waals surface area contributed by atoms with Crippen molar-refractivity contribution in [1.82, 2.24) is 9.55 Å². The van der Waals surface area contributed by atoms with E-state index in [1.54, 1.807) is 10.8 Å². The molecule has 0 aliphatic heterocycles. The Morgan fingerprint density at radius 1 is 1.32 bits per heavy atom. The fraction of sp³-hybridized carbons (Fsp3) is 0.375. The summed E-state index contributed by atoms with van der Waals surface area (Å²) in [5.74, 6) is -1.07. The maximum absolute atomic E-state index is 12.9. The molecule has 0 amide bonds. The van der Waals surface area contributed by atoms with Crippen LogP contribution >= 0.6 is 0 Å². The highest BCUT2D eigenvalue weighted by Crippen LogP contribution is 2.21. The van der Waals surface area contributed by atoms with E-state index in [1.165, 1.54) is 30.5 Å². The number of carboxylic acids is 1. The zero-order valence-corrected chi connectivity index (χ0v) is 16.4. The minimum Gasteiger partial charge on any atom is -0.478 e. The van der Waals surface area contributed by atoms with Crippen LogP contribution in [0.25, 0.3) is 0 Å². The van der Waals surface area contributed by atoms with Crippen molar-refractivity contribution in [3.05, 3.63) is 42.2 Å². The first-order valence-electron chi connectivity index (χ1n) is 7.82. The second-order valence-electron chi connectivity index (χ2n) is 6.91. The molecule has 0 fully saturated rings. The molecule has 0 radical (unpaired) electrons. The summed E-state index contributed by atoms with van der Waals surface area (Å²) in [6, 6.07) is 6.48. The summed E-state index contributed by atoms with van der Waals surface area (Å²) in [4.78, 5) is 15.2. The zero-order valence-electron chi connectivity index (χ0n) is 14.6. The summed E-state index contributed by atoms with van der Waals surface area (Å²) in [6.45, 7) is 7.58. The molecule has 0 saturated carbocycles. The second kappa shape index (κ2) is 7.50. The Labute approximate surface area is 148 Å². The van der Waals surface area contributed by atoms with Crippen molar-refractivity contribution in [2.24, 2.45) is 0 Å². The largest absolute Gasteiger partial charge is 0.478 e. The van der Waals surface area contributed by atoms with Crippen LogP contribution in [0.4, 0.5) is 0 Å². The van der Waals surface area contributed by atoms with Crippen molar-refractivity contribution in [2.45, 2.75) is 42.5 Å². The maximum Gasteiger partial charge on any atom is 0.335 e. The first kappa shape index (κ1) is 19.4. The van der Waals surface area contributed by atoms with Crippen LogP contribution in [-0.2, 0) is 21.2 Å². The molecule has 7 nitrogen and oxygen atoms in total. The van der Waals surface area contributed by atoms with Gasteiger partial charge in [-0.1, -0.05) is 19.6 Å². The first-order chi connectivity index (χ1) is 11.6. The molecule has 0 bridgehead atoms. The normalized spacial score (nSPS) is 14.2. The molecule has 25 heavy (non-hydrogen) atoms. The quantitative estimate of drug-likeness (QED) is 0.539. The number of imidazole rings is 1. The van der Waals surface area contributed by atoms with E-state index in [4.69, 9.17) is 14.6 Å². The van der Waals surface area contributed by atoms with Crippen molar-refractivity contribution in [3.63, 3.8) is 0 Å². The summed E-state index contributed by atoms with van der Waals surface area (Å²) in [5, 5.41) is 9.04. The molecule has 1 heterocycles. The summed E-state index contributed by atoms with van der Waals surface area (Å²) >= 11 is 0. The average molecular weight is 382 g/mol. The van der Waals surface area contributed by atoms with Gasteiger partial charge in [0.2, 0.25) is 5.16 Å². The van der Waals surface area contributed by atoms with Crippen LogP contribution < -0.4 is 0 Å². The van der Waals surface area contributed by atoms with Crippen LogP contribution in [0.1, 0.15) is 10.4 Å². The van der Waals surface area contributed by atoms with Crippen molar-refractivity contribution in [3.8, 4) is 0 Å². The lowest BCUT2D eigenvalue weighted by atomic mass is 10.2.